The average Bonchev–Trinajstić information content (AvgIpc) is 2.43. The van der Waals surface area contributed by atoms with Crippen molar-refractivity contribution in [3.05, 3.63) is 11.5 Å². The molecule has 0 saturated carbocycles. The highest BCUT2D eigenvalue weighted by atomic mass is 35.5. The van der Waals surface area contributed by atoms with Crippen molar-refractivity contribution in [2.75, 3.05) is 6.54 Å². The second-order valence-corrected chi connectivity index (χ2v) is 5.73. The fraction of sp³-hybridized carbons (Fsp3) is 0.625. The number of hydrogen-bond acceptors (Lipinski definition) is 4. The summed E-state index contributed by atoms with van der Waals surface area (Å²) in [4.78, 5) is 0.0971. The molecular weight excluding hydrogens is 240 g/mol. The van der Waals surface area contributed by atoms with E-state index in [0.29, 0.717) is 5.69 Å². The van der Waals surface area contributed by atoms with Gasteiger partial charge in [-0.3, -0.25) is 0 Å². The zero-order valence-electron chi connectivity index (χ0n) is 8.74. The van der Waals surface area contributed by atoms with E-state index in [1.54, 1.807) is 20.8 Å². The van der Waals surface area contributed by atoms with Crippen LogP contribution >= 0.6 is 11.6 Å². The van der Waals surface area contributed by atoms with Crippen LogP contribution in [0.3, 0.4) is 0 Å². The molecule has 1 heterocycles. The van der Waals surface area contributed by atoms with E-state index in [4.69, 9.17) is 16.1 Å². The molecule has 0 spiro atoms. The molecule has 86 valence electrons. The molecule has 1 N–H and O–H groups in total. The molecule has 15 heavy (non-hydrogen) atoms. The Morgan fingerprint density at radius 1 is 1.53 bits per heavy atom. The second kappa shape index (κ2) is 4.51. The first-order valence-electron chi connectivity index (χ1n) is 4.41. The van der Waals surface area contributed by atoms with Gasteiger partial charge in [-0.1, -0.05) is 5.16 Å². The summed E-state index contributed by atoms with van der Waals surface area (Å²) in [5, 5.41) is 3.32. The van der Waals surface area contributed by atoms with Crippen LogP contribution in [0.25, 0.3) is 0 Å². The third kappa shape index (κ3) is 2.93. The van der Waals surface area contributed by atoms with Gasteiger partial charge < -0.3 is 4.52 Å². The second-order valence-electron chi connectivity index (χ2n) is 3.29. The highest BCUT2D eigenvalue weighted by Gasteiger charge is 2.23. The van der Waals surface area contributed by atoms with Gasteiger partial charge in [-0.05, 0) is 20.8 Å². The smallest absolute Gasteiger partial charge is 0.246 e. The molecule has 0 aromatic carbocycles. The minimum absolute atomic E-state index is 0.0971. The number of aromatic nitrogens is 1. The molecule has 1 atom stereocenters. The summed E-state index contributed by atoms with van der Waals surface area (Å²) < 4.78 is 30.7. The Hall–Kier alpha value is -0.590. The Morgan fingerprint density at radius 3 is 2.53 bits per heavy atom. The largest absolute Gasteiger partial charge is 0.360 e. The summed E-state index contributed by atoms with van der Waals surface area (Å²) in [6.45, 7) is 5.01. The molecule has 1 rings (SSSR count). The Balaban J connectivity index is 2.96. The van der Waals surface area contributed by atoms with Gasteiger partial charge in [0.15, 0.2) is 5.76 Å². The molecule has 0 amide bonds. The Kier molecular flexibility index (Phi) is 3.75. The lowest BCUT2D eigenvalue weighted by Crippen LogP contribution is -2.29. The standard InChI is InChI=1S/C8H13ClN2O3S/c1-5(9)4-10-15(12,13)8-6(2)11-14-7(8)3/h5,10H,4H2,1-3H3. The molecular formula is C8H13ClN2O3S. The van der Waals surface area contributed by atoms with Gasteiger partial charge in [0.2, 0.25) is 10.0 Å². The van der Waals surface area contributed by atoms with Crippen LogP contribution < -0.4 is 4.72 Å². The summed E-state index contributed by atoms with van der Waals surface area (Å²) in [5.74, 6) is 0.280. The minimum Gasteiger partial charge on any atom is -0.360 e. The predicted molar refractivity (Wildman–Crippen MR) is 56.5 cm³/mol. The highest BCUT2D eigenvalue weighted by Crippen LogP contribution is 2.18. The van der Waals surface area contributed by atoms with Crippen LogP contribution in [0.2, 0.25) is 0 Å². The molecule has 5 nitrogen and oxygen atoms in total. The Morgan fingerprint density at radius 2 is 2.13 bits per heavy atom. The van der Waals surface area contributed by atoms with Crippen molar-refractivity contribution < 1.29 is 12.9 Å². The van der Waals surface area contributed by atoms with Crippen LogP contribution in [-0.2, 0) is 10.0 Å². The Labute approximate surface area is 93.8 Å². The zero-order valence-corrected chi connectivity index (χ0v) is 10.3. The van der Waals surface area contributed by atoms with E-state index in [0.717, 1.165) is 0 Å². The number of sulfonamides is 1. The maximum Gasteiger partial charge on any atom is 0.246 e. The van der Waals surface area contributed by atoms with Crippen molar-refractivity contribution in [2.24, 2.45) is 0 Å². The topological polar surface area (TPSA) is 72.2 Å². The number of nitrogens with one attached hydrogen (secondary N) is 1. The molecule has 0 saturated heterocycles. The van der Waals surface area contributed by atoms with Crippen molar-refractivity contribution in [3.63, 3.8) is 0 Å². The van der Waals surface area contributed by atoms with Crippen LogP contribution in [-0.4, -0.2) is 25.5 Å². The molecule has 0 aliphatic rings. The van der Waals surface area contributed by atoms with E-state index in [1.165, 1.54) is 0 Å². The number of aryl methyl sites for hydroxylation is 2. The molecule has 7 heteroatoms. The quantitative estimate of drug-likeness (QED) is 0.818. The number of rotatable bonds is 4. The number of halogens is 1. The Bertz CT molecular complexity index is 419. The third-order valence-electron chi connectivity index (χ3n) is 1.79. The number of hydrogen-bond donors (Lipinski definition) is 1. The van der Waals surface area contributed by atoms with Gasteiger partial charge in [0.25, 0.3) is 0 Å². The monoisotopic (exact) mass is 252 g/mol. The van der Waals surface area contributed by atoms with Crippen molar-refractivity contribution in [2.45, 2.75) is 31.0 Å². The van der Waals surface area contributed by atoms with Crippen molar-refractivity contribution in [1.29, 1.82) is 0 Å². The van der Waals surface area contributed by atoms with Crippen molar-refractivity contribution >= 4 is 21.6 Å². The first-order chi connectivity index (χ1) is 6.84. The lowest BCUT2D eigenvalue weighted by Gasteiger charge is -2.06. The summed E-state index contributed by atoms with van der Waals surface area (Å²) in [6.07, 6.45) is 0. The van der Waals surface area contributed by atoms with Crippen LogP contribution in [0.4, 0.5) is 0 Å². The van der Waals surface area contributed by atoms with Gasteiger partial charge in [-0.25, -0.2) is 13.1 Å². The van der Waals surface area contributed by atoms with Crippen molar-refractivity contribution in [3.8, 4) is 0 Å². The molecule has 1 unspecified atom stereocenters. The average molecular weight is 253 g/mol. The van der Waals surface area contributed by atoms with Crippen LogP contribution in [0.1, 0.15) is 18.4 Å². The lowest BCUT2D eigenvalue weighted by molar-refractivity contribution is 0.390. The zero-order chi connectivity index (χ0) is 11.6. The lowest BCUT2D eigenvalue weighted by atomic mass is 10.4. The van der Waals surface area contributed by atoms with E-state index in [-0.39, 0.29) is 22.6 Å². The van der Waals surface area contributed by atoms with E-state index in [2.05, 4.69) is 9.88 Å². The maximum absolute atomic E-state index is 11.8. The molecule has 0 fully saturated rings. The van der Waals surface area contributed by atoms with E-state index in [9.17, 15) is 8.42 Å². The normalized spacial score (nSPS) is 14.1. The predicted octanol–water partition coefficient (Wildman–Crippen LogP) is 1.20. The summed E-state index contributed by atoms with van der Waals surface area (Å²) in [5.41, 5.74) is 0.349. The van der Waals surface area contributed by atoms with E-state index < -0.39 is 10.0 Å². The molecule has 0 bridgehead atoms. The molecule has 1 aromatic heterocycles. The molecule has 1 aromatic rings. The highest BCUT2D eigenvalue weighted by molar-refractivity contribution is 7.89. The van der Waals surface area contributed by atoms with Crippen LogP contribution in [0.5, 0.6) is 0 Å². The first kappa shape index (κ1) is 12.5. The van der Waals surface area contributed by atoms with E-state index >= 15 is 0 Å². The molecule has 0 aliphatic heterocycles. The fourth-order valence-corrected chi connectivity index (χ4v) is 2.78. The van der Waals surface area contributed by atoms with Crippen LogP contribution in [0, 0.1) is 13.8 Å². The maximum atomic E-state index is 11.8. The summed E-state index contributed by atoms with van der Waals surface area (Å²) in [7, 11) is -3.56. The minimum atomic E-state index is -3.56. The van der Waals surface area contributed by atoms with Gasteiger partial charge in [0, 0.05) is 11.9 Å². The van der Waals surface area contributed by atoms with Gasteiger partial charge >= 0.3 is 0 Å². The van der Waals surface area contributed by atoms with Gasteiger partial charge in [-0.15, -0.1) is 11.6 Å². The van der Waals surface area contributed by atoms with Gasteiger partial charge in [-0.2, -0.15) is 0 Å². The van der Waals surface area contributed by atoms with Gasteiger partial charge in [0.1, 0.15) is 10.6 Å². The number of alkyl halides is 1. The SMILES string of the molecule is Cc1noc(C)c1S(=O)(=O)NCC(C)Cl. The summed E-state index contributed by atoms with van der Waals surface area (Å²) in [6, 6.07) is 0. The molecule has 0 radical (unpaired) electrons. The van der Waals surface area contributed by atoms with Crippen LogP contribution in [0.15, 0.2) is 9.42 Å². The third-order valence-corrected chi connectivity index (χ3v) is 3.61. The summed E-state index contributed by atoms with van der Waals surface area (Å²) >= 11 is 5.66. The van der Waals surface area contributed by atoms with E-state index in [1.807, 2.05) is 0 Å². The molecule has 0 aliphatic carbocycles. The van der Waals surface area contributed by atoms with Gasteiger partial charge in [0.05, 0.1) is 0 Å². The van der Waals surface area contributed by atoms with Crippen molar-refractivity contribution in [1.82, 2.24) is 9.88 Å². The first-order valence-corrected chi connectivity index (χ1v) is 6.33. The number of nitrogens with zero attached hydrogens (tertiary/aromatic N) is 1. The fourth-order valence-electron chi connectivity index (χ4n) is 1.15.